The van der Waals surface area contributed by atoms with Crippen LogP contribution in [0.5, 0.6) is 0 Å². The quantitative estimate of drug-likeness (QED) is 0.453. The first kappa shape index (κ1) is 21.2. The smallest absolute Gasteiger partial charge is 0.303 e. The predicted octanol–water partition coefficient (Wildman–Crippen LogP) is 3.24. The highest BCUT2D eigenvalue weighted by atomic mass is 31.2. The lowest BCUT2D eigenvalue weighted by Gasteiger charge is -2.26. The summed E-state index contributed by atoms with van der Waals surface area (Å²) >= 11 is 0. The van der Waals surface area contributed by atoms with Crippen molar-refractivity contribution in [2.75, 3.05) is 6.16 Å². The summed E-state index contributed by atoms with van der Waals surface area (Å²) in [5.41, 5.74) is 0. The zero-order valence-corrected chi connectivity index (χ0v) is 16.6. The third-order valence-corrected chi connectivity index (χ3v) is 8.34. The van der Waals surface area contributed by atoms with Crippen LogP contribution in [0.4, 0.5) is 0 Å². The molecule has 0 fully saturated rings. The highest BCUT2D eigenvalue weighted by Gasteiger charge is 2.43. The van der Waals surface area contributed by atoms with Crippen molar-refractivity contribution in [1.29, 1.82) is 0 Å². The molecule has 3 aromatic rings. The summed E-state index contributed by atoms with van der Waals surface area (Å²) < 4.78 is 8.88. The highest BCUT2D eigenvalue weighted by Crippen LogP contribution is 2.55. The highest BCUT2D eigenvalue weighted by molar-refractivity contribution is 7.95. The summed E-state index contributed by atoms with van der Waals surface area (Å²) in [4.78, 5) is 21.6. The SMILES string of the molecule is C=CC[P+](c1ccccc1)(c1ccccc1)c1ccccc1.O=P(O)(O)O. The summed E-state index contributed by atoms with van der Waals surface area (Å²) in [7, 11) is -6.31. The molecule has 0 radical (unpaired) electrons. The van der Waals surface area contributed by atoms with Crippen molar-refractivity contribution in [3.8, 4) is 0 Å². The van der Waals surface area contributed by atoms with E-state index in [9.17, 15) is 0 Å². The van der Waals surface area contributed by atoms with E-state index in [0.717, 1.165) is 6.16 Å². The molecular formula is C21H23O4P2+. The van der Waals surface area contributed by atoms with Gasteiger partial charge in [-0.2, -0.15) is 0 Å². The summed E-state index contributed by atoms with van der Waals surface area (Å²) in [6.07, 6.45) is 3.05. The molecule has 0 heterocycles. The van der Waals surface area contributed by atoms with Crippen LogP contribution in [0, 0.1) is 0 Å². The van der Waals surface area contributed by atoms with E-state index in [4.69, 9.17) is 19.2 Å². The van der Waals surface area contributed by atoms with Gasteiger partial charge in [0, 0.05) is 0 Å². The van der Waals surface area contributed by atoms with E-state index >= 15 is 0 Å². The molecule has 0 spiro atoms. The molecule has 0 amide bonds. The second kappa shape index (κ2) is 9.75. The Morgan fingerprint density at radius 1 is 0.704 bits per heavy atom. The number of rotatable bonds is 5. The van der Waals surface area contributed by atoms with Gasteiger partial charge in [0.25, 0.3) is 0 Å². The van der Waals surface area contributed by atoms with E-state index in [1.165, 1.54) is 15.9 Å². The number of allylic oxidation sites excluding steroid dienone is 1. The Bertz CT molecular complexity index is 773. The van der Waals surface area contributed by atoms with Gasteiger partial charge < -0.3 is 14.7 Å². The van der Waals surface area contributed by atoms with E-state index in [1.807, 2.05) is 0 Å². The molecule has 0 aromatic heterocycles. The fourth-order valence-electron chi connectivity index (χ4n) is 3.00. The molecule has 0 aliphatic carbocycles. The Kier molecular flexibility index (Phi) is 7.67. The molecule has 27 heavy (non-hydrogen) atoms. The lowest BCUT2D eigenvalue weighted by atomic mass is 10.4. The molecule has 6 heteroatoms. The maximum absolute atomic E-state index is 8.88. The van der Waals surface area contributed by atoms with Crippen LogP contribution >= 0.6 is 15.1 Å². The second-order valence-corrected chi connectivity index (χ2v) is 10.4. The number of hydrogen-bond donors (Lipinski definition) is 3. The van der Waals surface area contributed by atoms with Crippen molar-refractivity contribution in [3.63, 3.8) is 0 Å². The van der Waals surface area contributed by atoms with Gasteiger partial charge in [0.05, 0.1) is 6.16 Å². The van der Waals surface area contributed by atoms with Crippen LogP contribution in [-0.2, 0) is 4.57 Å². The van der Waals surface area contributed by atoms with E-state index in [0.29, 0.717) is 0 Å². The van der Waals surface area contributed by atoms with Gasteiger partial charge in [0.2, 0.25) is 0 Å². The Morgan fingerprint density at radius 2 is 0.963 bits per heavy atom. The minimum atomic E-state index is -4.64. The molecule has 0 bridgehead atoms. The summed E-state index contributed by atoms with van der Waals surface area (Å²) in [6, 6.07) is 32.7. The van der Waals surface area contributed by atoms with E-state index in [-0.39, 0.29) is 0 Å². The molecule has 140 valence electrons. The Labute approximate surface area is 160 Å². The van der Waals surface area contributed by atoms with Crippen LogP contribution in [-0.4, -0.2) is 20.8 Å². The Morgan fingerprint density at radius 3 is 1.19 bits per heavy atom. The minimum absolute atomic E-state index is 0.977. The Hall–Kier alpha value is -2.06. The first-order chi connectivity index (χ1) is 12.9. The van der Waals surface area contributed by atoms with Crippen LogP contribution in [0.2, 0.25) is 0 Å². The maximum atomic E-state index is 8.88. The molecule has 3 rings (SSSR count). The van der Waals surface area contributed by atoms with Gasteiger partial charge in [-0.3, -0.25) is 0 Å². The molecule has 3 aromatic carbocycles. The molecule has 0 aliphatic rings. The molecule has 0 aliphatic heterocycles. The maximum Gasteiger partial charge on any atom is 0.466 e. The van der Waals surface area contributed by atoms with Gasteiger partial charge >= 0.3 is 7.82 Å². The fourth-order valence-corrected chi connectivity index (χ4v) is 6.96. The molecular weight excluding hydrogens is 378 g/mol. The third kappa shape index (κ3) is 5.97. The molecule has 4 nitrogen and oxygen atoms in total. The van der Waals surface area contributed by atoms with E-state index < -0.39 is 15.1 Å². The van der Waals surface area contributed by atoms with Crippen molar-refractivity contribution < 1.29 is 19.2 Å². The second-order valence-electron chi connectivity index (χ2n) is 5.80. The first-order valence-corrected chi connectivity index (χ1v) is 11.9. The van der Waals surface area contributed by atoms with Crippen LogP contribution in [0.15, 0.2) is 104 Å². The van der Waals surface area contributed by atoms with Crippen molar-refractivity contribution >= 4 is 31.0 Å². The van der Waals surface area contributed by atoms with Gasteiger partial charge in [-0.05, 0) is 36.4 Å². The summed E-state index contributed by atoms with van der Waals surface area (Å²) in [5, 5.41) is 4.23. The topological polar surface area (TPSA) is 77.8 Å². The number of phosphoric acid groups is 1. The average Bonchev–Trinajstić information content (AvgIpc) is 2.67. The van der Waals surface area contributed by atoms with Gasteiger partial charge in [-0.15, -0.1) is 0 Å². The van der Waals surface area contributed by atoms with Gasteiger partial charge in [0.1, 0.15) is 23.2 Å². The fraction of sp³-hybridized carbons (Fsp3) is 0.0476. The third-order valence-electron chi connectivity index (χ3n) is 3.99. The number of hydrogen-bond acceptors (Lipinski definition) is 1. The van der Waals surface area contributed by atoms with Crippen LogP contribution in [0.25, 0.3) is 0 Å². The van der Waals surface area contributed by atoms with Crippen molar-refractivity contribution in [3.05, 3.63) is 104 Å². The van der Waals surface area contributed by atoms with Crippen molar-refractivity contribution in [2.24, 2.45) is 0 Å². The van der Waals surface area contributed by atoms with Crippen molar-refractivity contribution in [2.45, 2.75) is 0 Å². The monoisotopic (exact) mass is 401 g/mol. The van der Waals surface area contributed by atoms with Gasteiger partial charge in [0.15, 0.2) is 0 Å². The average molecular weight is 401 g/mol. The summed E-state index contributed by atoms with van der Waals surface area (Å²) in [5.74, 6) is 0. The lowest BCUT2D eigenvalue weighted by molar-refractivity contribution is 0.275. The Balaban J connectivity index is 0.000000465. The molecule has 0 unspecified atom stereocenters. The van der Waals surface area contributed by atoms with Gasteiger partial charge in [-0.1, -0.05) is 67.3 Å². The van der Waals surface area contributed by atoms with Gasteiger partial charge in [-0.25, -0.2) is 4.57 Å². The summed E-state index contributed by atoms with van der Waals surface area (Å²) in [6.45, 7) is 4.05. The lowest BCUT2D eigenvalue weighted by Crippen LogP contribution is -2.32. The van der Waals surface area contributed by atoms with Crippen molar-refractivity contribution in [1.82, 2.24) is 0 Å². The minimum Gasteiger partial charge on any atom is -0.303 e. The van der Waals surface area contributed by atoms with E-state index in [1.54, 1.807) is 0 Å². The van der Waals surface area contributed by atoms with Crippen LogP contribution < -0.4 is 15.9 Å². The zero-order valence-electron chi connectivity index (χ0n) is 14.8. The van der Waals surface area contributed by atoms with Crippen LogP contribution in [0.3, 0.4) is 0 Å². The molecule has 0 atom stereocenters. The molecule has 0 saturated carbocycles. The predicted molar refractivity (Wildman–Crippen MR) is 114 cm³/mol. The largest absolute Gasteiger partial charge is 0.466 e. The standard InChI is InChI=1S/C21H20P.H3O4P/c1-2-18-22(19-12-6-3-7-13-19,20-14-8-4-9-15-20)21-16-10-5-11-17-21;1-5(2,3)4/h2-17H,1,18H2;(H3,1,2,3,4)/q+1;. The molecule has 3 N–H and O–H groups in total. The first-order valence-electron chi connectivity index (χ1n) is 8.32. The van der Waals surface area contributed by atoms with E-state index in [2.05, 4.69) is 104 Å². The zero-order chi connectivity index (χ0) is 19.8. The van der Waals surface area contributed by atoms with Crippen LogP contribution in [0.1, 0.15) is 0 Å². The number of benzene rings is 3. The molecule has 0 saturated heterocycles. The normalized spacial score (nSPS) is 11.2.